The van der Waals surface area contributed by atoms with Crippen LogP contribution in [0, 0.1) is 0 Å². The number of rotatable bonds is 5. The highest BCUT2D eigenvalue weighted by atomic mass is 19.4. The molecule has 0 radical (unpaired) electrons. The first-order valence-corrected chi connectivity index (χ1v) is 11.1. The SMILES string of the molecule is Cn1c(=O)c2c(ncn2CC(=O)Nc2ccc(-c3cn(-c4ccc(C(F)(F)F)cc4)nn3)cc2)n(C)c1=O. The van der Waals surface area contributed by atoms with E-state index >= 15 is 0 Å². The number of imidazole rings is 1. The maximum Gasteiger partial charge on any atom is 0.416 e. The summed E-state index contributed by atoms with van der Waals surface area (Å²) in [7, 11) is 2.84. The predicted molar refractivity (Wildman–Crippen MR) is 131 cm³/mol. The van der Waals surface area contributed by atoms with E-state index in [0.717, 1.165) is 16.7 Å². The summed E-state index contributed by atoms with van der Waals surface area (Å²) in [6, 6.07) is 11.3. The van der Waals surface area contributed by atoms with E-state index in [4.69, 9.17) is 0 Å². The van der Waals surface area contributed by atoms with Gasteiger partial charge in [0.1, 0.15) is 12.2 Å². The molecule has 0 fully saturated rings. The van der Waals surface area contributed by atoms with Gasteiger partial charge < -0.3 is 9.88 Å². The number of fused-ring (bicyclic) bond motifs is 1. The van der Waals surface area contributed by atoms with E-state index in [-0.39, 0.29) is 17.7 Å². The Bertz CT molecular complexity index is 1780. The highest BCUT2D eigenvalue weighted by Crippen LogP contribution is 2.29. The van der Waals surface area contributed by atoms with Crippen molar-refractivity contribution in [3.63, 3.8) is 0 Å². The summed E-state index contributed by atoms with van der Waals surface area (Å²) < 4.78 is 43.3. The second kappa shape index (κ2) is 9.14. The Morgan fingerprint density at radius 3 is 2.32 bits per heavy atom. The fraction of sp³-hybridized carbons (Fsp3) is 0.167. The van der Waals surface area contributed by atoms with Gasteiger partial charge in [-0.25, -0.2) is 14.5 Å². The van der Waals surface area contributed by atoms with E-state index in [9.17, 15) is 27.6 Å². The molecule has 194 valence electrons. The maximum atomic E-state index is 12.8. The second-order valence-electron chi connectivity index (χ2n) is 8.47. The molecule has 0 spiro atoms. The summed E-state index contributed by atoms with van der Waals surface area (Å²) in [5, 5.41) is 10.8. The number of carbonyl (C=O) groups is 1. The van der Waals surface area contributed by atoms with Gasteiger partial charge in [0.25, 0.3) is 5.56 Å². The topological polar surface area (TPSA) is 122 Å². The number of benzene rings is 2. The summed E-state index contributed by atoms with van der Waals surface area (Å²) in [4.78, 5) is 41.3. The number of anilines is 1. The number of nitrogens with one attached hydrogen (secondary N) is 1. The fourth-order valence-corrected chi connectivity index (χ4v) is 3.92. The Hall–Kier alpha value is -5.01. The summed E-state index contributed by atoms with van der Waals surface area (Å²) >= 11 is 0. The Kier molecular flexibility index (Phi) is 5.93. The maximum absolute atomic E-state index is 12.8. The molecule has 2 aromatic carbocycles. The van der Waals surface area contributed by atoms with E-state index in [2.05, 4.69) is 20.6 Å². The average Bonchev–Trinajstić information content (AvgIpc) is 3.54. The summed E-state index contributed by atoms with van der Waals surface area (Å²) in [6.45, 7) is -0.201. The number of nitrogens with zero attached hydrogens (tertiary/aromatic N) is 7. The Labute approximate surface area is 211 Å². The van der Waals surface area contributed by atoms with Crippen LogP contribution in [-0.2, 0) is 31.6 Å². The van der Waals surface area contributed by atoms with Crippen LogP contribution in [0.3, 0.4) is 0 Å². The third-order valence-corrected chi connectivity index (χ3v) is 5.95. The number of hydrogen-bond acceptors (Lipinski definition) is 6. The molecule has 1 N–H and O–H groups in total. The molecule has 0 saturated heterocycles. The van der Waals surface area contributed by atoms with Crippen LogP contribution in [0.25, 0.3) is 28.1 Å². The fourth-order valence-electron chi connectivity index (χ4n) is 3.92. The van der Waals surface area contributed by atoms with E-state index in [1.54, 1.807) is 30.5 Å². The van der Waals surface area contributed by atoms with Gasteiger partial charge in [-0.1, -0.05) is 17.3 Å². The van der Waals surface area contributed by atoms with Crippen molar-refractivity contribution in [1.29, 1.82) is 0 Å². The molecule has 3 heterocycles. The van der Waals surface area contributed by atoms with E-state index < -0.39 is 28.9 Å². The van der Waals surface area contributed by atoms with Crippen molar-refractivity contribution in [2.75, 3.05) is 5.32 Å². The minimum Gasteiger partial charge on any atom is -0.325 e. The molecule has 3 aromatic heterocycles. The van der Waals surface area contributed by atoms with Gasteiger partial charge in [-0.3, -0.25) is 18.7 Å². The van der Waals surface area contributed by atoms with Gasteiger partial charge in [-0.15, -0.1) is 5.10 Å². The van der Waals surface area contributed by atoms with Gasteiger partial charge in [-0.05, 0) is 36.4 Å². The first-order chi connectivity index (χ1) is 18.0. The van der Waals surface area contributed by atoms with Gasteiger partial charge in [-0.2, -0.15) is 13.2 Å². The molecular weight excluding hydrogens is 505 g/mol. The van der Waals surface area contributed by atoms with Crippen LogP contribution < -0.4 is 16.6 Å². The number of carbonyl (C=O) groups excluding carboxylic acids is 1. The normalized spacial score (nSPS) is 11.7. The molecule has 38 heavy (non-hydrogen) atoms. The van der Waals surface area contributed by atoms with Crippen LogP contribution in [-0.4, -0.2) is 39.6 Å². The van der Waals surface area contributed by atoms with Crippen LogP contribution in [0.4, 0.5) is 18.9 Å². The Morgan fingerprint density at radius 1 is 0.974 bits per heavy atom. The van der Waals surface area contributed by atoms with Crippen LogP contribution in [0.5, 0.6) is 0 Å². The first-order valence-electron chi connectivity index (χ1n) is 11.1. The van der Waals surface area contributed by atoms with Crippen LogP contribution in [0.1, 0.15) is 5.56 Å². The molecule has 0 saturated carbocycles. The molecule has 0 aliphatic carbocycles. The van der Waals surface area contributed by atoms with Gasteiger partial charge >= 0.3 is 11.9 Å². The minimum absolute atomic E-state index is 0.135. The molecule has 5 rings (SSSR count). The van der Waals surface area contributed by atoms with E-state index in [1.807, 2.05) is 0 Å². The molecular formula is C24H19F3N8O3. The van der Waals surface area contributed by atoms with Crippen LogP contribution >= 0.6 is 0 Å². The number of alkyl halides is 3. The minimum atomic E-state index is -4.42. The third kappa shape index (κ3) is 4.47. The third-order valence-electron chi connectivity index (χ3n) is 5.95. The predicted octanol–water partition coefficient (Wildman–Crippen LogP) is 2.34. The van der Waals surface area contributed by atoms with Crippen molar-refractivity contribution in [1.82, 2.24) is 33.7 Å². The first kappa shape index (κ1) is 24.7. The molecule has 0 atom stereocenters. The lowest BCUT2D eigenvalue weighted by atomic mass is 10.1. The summed E-state index contributed by atoms with van der Waals surface area (Å²) in [5.74, 6) is -0.416. The Morgan fingerprint density at radius 2 is 1.66 bits per heavy atom. The molecule has 0 aliphatic rings. The molecule has 0 aliphatic heterocycles. The summed E-state index contributed by atoms with van der Waals surface area (Å²) in [6.07, 6.45) is -1.52. The van der Waals surface area contributed by atoms with Crippen molar-refractivity contribution in [3.8, 4) is 16.9 Å². The van der Waals surface area contributed by atoms with Gasteiger partial charge in [0.05, 0.1) is 23.8 Å². The van der Waals surface area contributed by atoms with E-state index in [0.29, 0.717) is 22.6 Å². The van der Waals surface area contributed by atoms with Crippen molar-refractivity contribution < 1.29 is 18.0 Å². The zero-order valence-electron chi connectivity index (χ0n) is 20.0. The smallest absolute Gasteiger partial charge is 0.325 e. The molecule has 1 amide bonds. The van der Waals surface area contributed by atoms with Crippen molar-refractivity contribution in [2.45, 2.75) is 12.7 Å². The standard InChI is InChI=1S/C24H19F3N8O3/c1-32-21-20(22(37)33(2)23(32)38)34(13-28-21)12-19(36)29-16-7-3-14(4-8-16)18-11-35(31-30-18)17-9-5-15(6-10-17)24(25,26)27/h3-11,13H,12H2,1-2H3,(H,29,36). The number of aromatic nitrogens is 7. The zero-order valence-corrected chi connectivity index (χ0v) is 20.0. The molecule has 0 bridgehead atoms. The molecule has 0 unspecified atom stereocenters. The highest BCUT2D eigenvalue weighted by molar-refractivity contribution is 5.91. The molecule has 14 heteroatoms. The molecule has 11 nitrogen and oxygen atoms in total. The lowest BCUT2D eigenvalue weighted by molar-refractivity contribution is -0.137. The van der Waals surface area contributed by atoms with Crippen LogP contribution in [0.15, 0.2) is 70.6 Å². The zero-order chi connectivity index (χ0) is 27.2. The molecule has 5 aromatic rings. The largest absolute Gasteiger partial charge is 0.416 e. The lowest BCUT2D eigenvalue weighted by Gasteiger charge is -2.08. The van der Waals surface area contributed by atoms with Gasteiger partial charge in [0.15, 0.2) is 11.2 Å². The monoisotopic (exact) mass is 524 g/mol. The average molecular weight is 524 g/mol. The van der Waals surface area contributed by atoms with Gasteiger partial charge in [0, 0.05) is 25.3 Å². The van der Waals surface area contributed by atoms with Crippen molar-refractivity contribution in [2.24, 2.45) is 14.1 Å². The second-order valence-corrected chi connectivity index (χ2v) is 8.47. The van der Waals surface area contributed by atoms with Gasteiger partial charge in [0.2, 0.25) is 5.91 Å². The quantitative estimate of drug-likeness (QED) is 0.377. The number of amides is 1. The number of halogens is 3. The highest BCUT2D eigenvalue weighted by Gasteiger charge is 2.30. The number of hydrogen-bond donors (Lipinski definition) is 1. The lowest BCUT2D eigenvalue weighted by Crippen LogP contribution is -2.37. The summed E-state index contributed by atoms with van der Waals surface area (Å²) in [5.41, 5.74) is 0.546. The van der Waals surface area contributed by atoms with Crippen molar-refractivity contribution >= 4 is 22.8 Å². The van der Waals surface area contributed by atoms with Crippen molar-refractivity contribution in [3.05, 3.63) is 87.5 Å². The Balaban J connectivity index is 1.29. The number of aryl methyl sites for hydroxylation is 1. The van der Waals surface area contributed by atoms with Crippen LogP contribution in [0.2, 0.25) is 0 Å². The van der Waals surface area contributed by atoms with E-state index in [1.165, 1.54) is 46.4 Å².